The van der Waals surface area contributed by atoms with Crippen molar-refractivity contribution < 1.29 is 19.1 Å². The number of halogens is 1. The summed E-state index contributed by atoms with van der Waals surface area (Å²) in [5.74, 6) is -2.28. The van der Waals surface area contributed by atoms with Crippen LogP contribution in [0, 0.1) is 5.82 Å². The van der Waals surface area contributed by atoms with E-state index < -0.39 is 17.7 Å². The molecule has 0 aliphatic heterocycles. The molecule has 21 heavy (non-hydrogen) atoms. The lowest BCUT2D eigenvalue weighted by Crippen LogP contribution is -2.13. The highest BCUT2D eigenvalue weighted by atomic mass is 32.1. The summed E-state index contributed by atoms with van der Waals surface area (Å²) in [6.07, 6.45) is 0. The van der Waals surface area contributed by atoms with E-state index in [-0.39, 0.29) is 11.3 Å². The van der Waals surface area contributed by atoms with Crippen LogP contribution < -0.4 is 5.32 Å². The van der Waals surface area contributed by atoms with Gasteiger partial charge >= 0.3 is 5.97 Å². The molecule has 2 aromatic heterocycles. The van der Waals surface area contributed by atoms with Crippen LogP contribution in [0.1, 0.15) is 20.0 Å². The van der Waals surface area contributed by atoms with Crippen LogP contribution in [0.4, 0.5) is 10.1 Å². The molecule has 0 saturated carbocycles. The third-order valence-corrected chi connectivity index (χ3v) is 4.92. The van der Waals surface area contributed by atoms with E-state index in [1.54, 1.807) is 6.07 Å². The van der Waals surface area contributed by atoms with E-state index in [1.165, 1.54) is 22.7 Å². The van der Waals surface area contributed by atoms with Gasteiger partial charge in [-0.1, -0.05) is 0 Å². The molecule has 0 fully saturated rings. The van der Waals surface area contributed by atoms with Crippen molar-refractivity contribution >= 4 is 49.6 Å². The van der Waals surface area contributed by atoms with E-state index in [0.717, 1.165) is 27.6 Å². The Bertz CT molecular complexity index is 824. The van der Waals surface area contributed by atoms with Gasteiger partial charge in [0.15, 0.2) is 0 Å². The topological polar surface area (TPSA) is 66.4 Å². The number of thiophene rings is 2. The smallest absolute Gasteiger partial charge is 0.337 e. The first-order valence-electron chi connectivity index (χ1n) is 5.86. The Balaban J connectivity index is 1.92. The largest absolute Gasteiger partial charge is 0.478 e. The summed E-state index contributed by atoms with van der Waals surface area (Å²) in [6, 6.07) is 6.81. The Hall–Kier alpha value is -2.25. The molecule has 2 N–H and O–H groups in total. The number of carbonyl (C=O) groups excluding carboxylic acids is 1. The molecule has 3 aromatic rings. The van der Waals surface area contributed by atoms with Crippen molar-refractivity contribution in [2.45, 2.75) is 0 Å². The van der Waals surface area contributed by atoms with Crippen LogP contribution in [-0.4, -0.2) is 17.0 Å². The Morgan fingerprint density at radius 3 is 2.67 bits per heavy atom. The Morgan fingerprint density at radius 2 is 1.95 bits per heavy atom. The summed E-state index contributed by atoms with van der Waals surface area (Å²) < 4.78 is 15.2. The first kappa shape index (κ1) is 13.7. The molecule has 4 nitrogen and oxygen atoms in total. The highest BCUT2D eigenvalue weighted by Crippen LogP contribution is 2.30. The number of hydrogen-bond donors (Lipinski definition) is 2. The molecule has 0 spiro atoms. The van der Waals surface area contributed by atoms with Crippen molar-refractivity contribution in [3.8, 4) is 0 Å². The second-order valence-electron chi connectivity index (χ2n) is 4.21. The van der Waals surface area contributed by atoms with Gasteiger partial charge in [0.25, 0.3) is 5.91 Å². The average Bonchev–Trinajstić information content (AvgIpc) is 2.98. The van der Waals surface area contributed by atoms with Crippen molar-refractivity contribution in [3.63, 3.8) is 0 Å². The summed E-state index contributed by atoms with van der Waals surface area (Å²) >= 11 is 2.83. The SMILES string of the molecule is O=C(Nc1cc(F)ccc1C(=O)O)c1cc2sccc2s1. The molecule has 0 bridgehead atoms. The summed E-state index contributed by atoms with van der Waals surface area (Å²) in [6.45, 7) is 0. The van der Waals surface area contributed by atoms with Crippen LogP contribution in [0.25, 0.3) is 9.40 Å². The summed E-state index contributed by atoms with van der Waals surface area (Å²) in [7, 11) is 0. The molecule has 0 radical (unpaired) electrons. The maximum atomic E-state index is 13.2. The van der Waals surface area contributed by atoms with E-state index >= 15 is 0 Å². The molecule has 106 valence electrons. The number of fused-ring (bicyclic) bond motifs is 1. The van der Waals surface area contributed by atoms with E-state index in [2.05, 4.69) is 5.32 Å². The molecule has 0 saturated heterocycles. The molecular formula is C14H8FNO3S2. The maximum Gasteiger partial charge on any atom is 0.337 e. The highest BCUT2D eigenvalue weighted by Gasteiger charge is 2.16. The number of carboxylic acids is 1. The van der Waals surface area contributed by atoms with Gasteiger partial charge < -0.3 is 10.4 Å². The Morgan fingerprint density at radius 1 is 1.14 bits per heavy atom. The molecule has 0 aliphatic rings. The van der Waals surface area contributed by atoms with Gasteiger partial charge in [0, 0.05) is 9.40 Å². The fourth-order valence-electron chi connectivity index (χ4n) is 1.87. The molecule has 0 unspecified atom stereocenters. The number of nitrogens with one attached hydrogen (secondary N) is 1. The van der Waals surface area contributed by atoms with Crippen molar-refractivity contribution in [1.82, 2.24) is 0 Å². The number of rotatable bonds is 3. The van der Waals surface area contributed by atoms with E-state index in [9.17, 15) is 14.0 Å². The number of carbonyl (C=O) groups is 2. The van der Waals surface area contributed by atoms with Gasteiger partial charge in [-0.3, -0.25) is 4.79 Å². The minimum absolute atomic E-state index is 0.0516. The highest BCUT2D eigenvalue weighted by molar-refractivity contribution is 7.27. The van der Waals surface area contributed by atoms with E-state index in [0.29, 0.717) is 4.88 Å². The number of amides is 1. The molecule has 3 rings (SSSR count). The normalized spacial score (nSPS) is 10.7. The van der Waals surface area contributed by atoms with Crippen LogP contribution in [-0.2, 0) is 0 Å². The molecule has 2 heterocycles. The number of aromatic carboxylic acids is 1. The van der Waals surface area contributed by atoms with Crippen LogP contribution >= 0.6 is 22.7 Å². The zero-order valence-corrected chi connectivity index (χ0v) is 12.1. The van der Waals surface area contributed by atoms with Crippen molar-refractivity contribution in [2.24, 2.45) is 0 Å². The lowest BCUT2D eigenvalue weighted by atomic mass is 10.1. The zero-order chi connectivity index (χ0) is 15.0. The monoisotopic (exact) mass is 321 g/mol. The predicted molar refractivity (Wildman–Crippen MR) is 81.0 cm³/mol. The number of hydrogen-bond acceptors (Lipinski definition) is 4. The minimum Gasteiger partial charge on any atom is -0.478 e. The predicted octanol–water partition coefficient (Wildman–Crippen LogP) is 4.05. The van der Waals surface area contributed by atoms with Gasteiger partial charge in [0.2, 0.25) is 0 Å². The number of anilines is 1. The summed E-state index contributed by atoms with van der Waals surface area (Å²) in [5, 5.41) is 13.4. The van der Waals surface area contributed by atoms with Crippen LogP contribution in [0.15, 0.2) is 35.7 Å². The van der Waals surface area contributed by atoms with Gasteiger partial charge in [0.05, 0.1) is 16.1 Å². The molecule has 0 aliphatic carbocycles. The number of benzene rings is 1. The second-order valence-corrected chi connectivity index (χ2v) is 6.24. The first-order valence-corrected chi connectivity index (χ1v) is 7.55. The third-order valence-electron chi connectivity index (χ3n) is 2.82. The fourth-order valence-corrected chi connectivity index (χ4v) is 3.87. The van der Waals surface area contributed by atoms with Gasteiger partial charge in [-0.15, -0.1) is 22.7 Å². The average molecular weight is 321 g/mol. The molecule has 0 atom stereocenters. The van der Waals surface area contributed by atoms with E-state index in [1.807, 2.05) is 11.4 Å². The van der Waals surface area contributed by atoms with Crippen molar-refractivity contribution in [3.05, 3.63) is 52.0 Å². The second kappa shape index (κ2) is 5.27. The number of carboxylic acid groups (broad SMARTS) is 1. The van der Waals surface area contributed by atoms with Gasteiger partial charge in [0.1, 0.15) is 5.82 Å². The molecule has 7 heteroatoms. The van der Waals surface area contributed by atoms with Crippen LogP contribution in [0.2, 0.25) is 0 Å². The third kappa shape index (κ3) is 2.65. The van der Waals surface area contributed by atoms with Crippen molar-refractivity contribution in [1.29, 1.82) is 0 Å². The molecular weight excluding hydrogens is 313 g/mol. The maximum absolute atomic E-state index is 13.2. The van der Waals surface area contributed by atoms with E-state index in [4.69, 9.17) is 5.11 Å². The summed E-state index contributed by atoms with van der Waals surface area (Å²) in [4.78, 5) is 23.7. The minimum atomic E-state index is -1.22. The molecule has 1 aromatic carbocycles. The Labute approximate surface area is 126 Å². The lowest BCUT2D eigenvalue weighted by Gasteiger charge is -2.07. The zero-order valence-electron chi connectivity index (χ0n) is 10.4. The van der Waals surface area contributed by atoms with Crippen LogP contribution in [0.5, 0.6) is 0 Å². The first-order chi connectivity index (χ1) is 10.0. The standard InChI is InChI=1S/C14H8FNO3S2/c15-7-1-2-8(14(18)19)9(5-7)16-13(17)12-6-11-10(21-12)3-4-20-11/h1-6H,(H,16,17)(H,18,19). The Kier molecular flexibility index (Phi) is 3.44. The van der Waals surface area contributed by atoms with Gasteiger partial charge in [-0.25, -0.2) is 9.18 Å². The fraction of sp³-hybridized carbons (Fsp3) is 0. The van der Waals surface area contributed by atoms with Crippen molar-refractivity contribution in [2.75, 3.05) is 5.32 Å². The van der Waals surface area contributed by atoms with Gasteiger partial charge in [-0.2, -0.15) is 0 Å². The van der Waals surface area contributed by atoms with Crippen LogP contribution in [0.3, 0.4) is 0 Å². The lowest BCUT2D eigenvalue weighted by molar-refractivity contribution is 0.0698. The van der Waals surface area contributed by atoms with Gasteiger partial charge in [-0.05, 0) is 35.7 Å². The summed E-state index contributed by atoms with van der Waals surface area (Å²) in [5.41, 5.74) is -0.202. The molecule has 1 amide bonds. The quantitative estimate of drug-likeness (QED) is 0.764.